The van der Waals surface area contributed by atoms with Crippen LogP contribution in [-0.4, -0.2) is 40.4 Å². The normalized spacial score (nSPS) is 17.9. The number of rotatable bonds is 7. The van der Waals surface area contributed by atoms with Gasteiger partial charge in [0.05, 0.1) is 14.2 Å². The van der Waals surface area contributed by atoms with Crippen molar-refractivity contribution >= 4 is 12.4 Å². The molecule has 5 heteroatoms. The third kappa shape index (κ3) is 5.73. The van der Waals surface area contributed by atoms with Crippen LogP contribution in [0.15, 0.2) is 18.2 Å². The van der Waals surface area contributed by atoms with Gasteiger partial charge < -0.3 is 20.1 Å². The smallest absolute Gasteiger partial charge is 0.160 e. The van der Waals surface area contributed by atoms with E-state index in [-0.39, 0.29) is 12.4 Å². The Morgan fingerprint density at radius 3 is 2.71 bits per heavy atom. The minimum atomic E-state index is 0. The molecule has 0 amide bonds. The molecule has 1 aliphatic heterocycles. The number of ether oxygens (including phenoxy) is 2. The zero-order chi connectivity index (χ0) is 14.2. The topological polar surface area (TPSA) is 42.5 Å². The van der Waals surface area contributed by atoms with Gasteiger partial charge in [0.25, 0.3) is 0 Å². The van der Waals surface area contributed by atoms with Crippen LogP contribution in [0.3, 0.4) is 0 Å². The van der Waals surface area contributed by atoms with Crippen molar-refractivity contribution in [2.45, 2.75) is 19.3 Å². The summed E-state index contributed by atoms with van der Waals surface area (Å²) in [6.45, 7) is 4.46. The lowest BCUT2D eigenvalue weighted by Crippen LogP contribution is -2.36. The van der Waals surface area contributed by atoms with Gasteiger partial charge in [-0.05, 0) is 69.1 Å². The predicted octanol–water partition coefficient (Wildman–Crippen LogP) is 2.26. The first-order chi connectivity index (χ1) is 9.83. The van der Waals surface area contributed by atoms with Gasteiger partial charge >= 0.3 is 0 Å². The zero-order valence-corrected chi connectivity index (χ0v) is 13.8. The van der Waals surface area contributed by atoms with E-state index in [4.69, 9.17) is 9.47 Å². The van der Waals surface area contributed by atoms with Crippen LogP contribution in [0.2, 0.25) is 0 Å². The van der Waals surface area contributed by atoms with Crippen molar-refractivity contribution in [1.29, 1.82) is 0 Å². The molecule has 0 saturated carbocycles. The van der Waals surface area contributed by atoms with E-state index in [1.165, 1.54) is 24.9 Å². The van der Waals surface area contributed by atoms with Gasteiger partial charge in [0.15, 0.2) is 11.5 Å². The van der Waals surface area contributed by atoms with Gasteiger partial charge in [0.1, 0.15) is 0 Å². The molecule has 1 atom stereocenters. The Bertz CT molecular complexity index is 409. The molecule has 1 heterocycles. The maximum absolute atomic E-state index is 5.32. The van der Waals surface area contributed by atoms with Crippen molar-refractivity contribution in [2.24, 2.45) is 5.92 Å². The average Bonchev–Trinajstić information content (AvgIpc) is 2.52. The van der Waals surface area contributed by atoms with Crippen LogP contribution in [0, 0.1) is 5.92 Å². The molecular formula is C16H27ClN2O2. The largest absolute Gasteiger partial charge is 0.493 e. The standard InChI is InChI=1S/C16H26N2O2.ClH/c1-19-15-6-5-13(10-16(15)20-2)7-9-18-12-14-4-3-8-17-11-14;/h5-6,10,14,17-18H,3-4,7-9,11-12H2,1-2H3;1H. The first kappa shape index (κ1) is 18.1. The second kappa shape index (κ2) is 9.87. The molecule has 1 aromatic carbocycles. The first-order valence-electron chi connectivity index (χ1n) is 7.46. The Kier molecular flexibility index (Phi) is 8.50. The van der Waals surface area contributed by atoms with Gasteiger partial charge in [-0.2, -0.15) is 0 Å². The SMILES string of the molecule is COc1ccc(CCNCC2CCCNC2)cc1OC.Cl. The molecule has 2 N–H and O–H groups in total. The molecule has 120 valence electrons. The van der Waals surface area contributed by atoms with Gasteiger partial charge in [-0.1, -0.05) is 6.07 Å². The van der Waals surface area contributed by atoms with E-state index in [1.807, 2.05) is 6.07 Å². The number of nitrogens with one attached hydrogen (secondary N) is 2. The van der Waals surface area contributed by atoms with Gasteiger partial charge in [-0.3, -0.25) is 0 Å². The second-order valence-corrected chi connectivity index (χ2v) is 5.36. The van der Waals surface area contributed by atoms with E-state index >= 15 is 0 Å². The summed E-state index contributed by atoms with van der Waals surface area (Å²) in [5, 5.41) is 7.01. The van der Waals surface area contributed by atoms with Gasteiger partial charge in [-0.15, -0.1) is 12.4 Å². The summed E-state index contributed by atoms with van der Waals surface area (Å²) >= 11 is 0. The van der Waals surface area contributed by atoms with Crippen molar-refractivity contribution in [3.8, 4) is 11.5 Å². The Morgan fingerprint density at radius 2 is 2.05 bits per heavy atom. The Labute approximate surface area is 134 Å². The van der Waals surface area contributed by atoms with Crippen molar-refractivity contribution in [1.82, 2.24) is 10.6 Å². The van der Waals surface area contributed by atoms with E-state index in [0.717, 1.165) is 43.5 Å². The highest BCUT2D eigenvalue weighted by Crippen LogP contribution is 2.27. The Balaban J connectivity index is 0.00000220. The molecule has 1 fully saturated rings. The van der Waals surface area contributed by atoms with Crippen LogP contribution in [0.4, 0.5) is 0 Å². The van der Waals surface area contributed by atoms with Crippen LogP contribution in [0.5, 0.6) is 11.5 Å². The Morgan fingerprint density at radius 1 is 1.24 bits per heavy atom. The zero-order valence-electron chi connectivity index (χ0n) is 13.0. The molecule has 21 heavy (non-hydrogen) atoms. The summed E-state index contributed by atoms with van der Waals surface area (Å²) in [6, 6.07) is 6.13. The van der Waals surface area contributed by atoms with Crippen LogP contribution in [0.1, 0.15) is 18.4 Å². The fourth-order valence-electron chi connectivity index (χ4n) is 2.67. The molecule has 4 nitrogen and oxygen atoms in total. The molecule has 0 aromatic heterocycles. The molecule has 0 radical (unpaired) electrons. The lowest BCUT2D eigenvalue weighted by atomic mass is 10.00. The molecule has 1 aliphatic rings. The van der Waals surface area contributed by atoms with E-state index < -0.39 is 0 Å². The third-order valence-corrected chi connectivity index (χ3v) is 3.87. The minimum absolute atomic E-state index is 0. The molecule has 1 saturated heterocycles. The van der Waals surface area contributed by atoms with E-state index in [1.54, 1.807) is 14.2 Å². The predicted molar refractivity (Wildman–Crippen MR) is 89.0 cm³/mol. The second-order valence-electron chi connectivity index (χ2n) is 5.36. The first-order valence-corrected chi connectivity index (χ1v) is 7.46. The summed E-state index contributed by atoms with van der Waals surface area (Å²) in [6.07, 6.45) is 3.67. The van der Waals surface area contributed by atoms with Crippen molar-refractivity contribution in [3.63, 3.8) is 0 Å². The van der Waals surface area contributed by atoms with Crippen LogP contribution in [-0.2, 0) is 6.42 Å². The summed E-state index contributed by atoms with van der Waals surface area (Å²) in [5.41, 5.74) is 1.27. The van der Waals surface area contributed by atoms with E-state index in [0.29, 0.717) is 0 Å². The summed E-state index contributed by atoms with van der Waals surface area (Å²) in [7, 11) is 3.34. The Hall–Kier alpha value is -0.970. The highest BCUT2D eigenvalue weighted by Gasteiger charge is 2.11. The lowest BCUT2D eigenvalue weighted by Gasteiger charge is -2.23. The van der Waals surface area contributed by atoms with Crippen molar-refractivity contribution < 1.29 is 9.47 Å². The minimum Gasteiger partial charge on any atom is -0.493 e. The van der Waals surface area contributed by atoms with Crippen LogP contribution >= 0.6 is 12.4 Å². The highest BCUT2D eigenvalue weighted by molar-refractivity contribution is 5.85. The number of hydrogen-bond acceptors (Lipinski definition) is 4. The molecule has 1 aromatic rings. The summed E-state index contributed by atoms with van der Waals surface area (Å²) < 4.78 is 10.6. The molecule has 0 bridgehead atoms. The monoisotopic (exact) mass is 314 g/mol. The van der Waals surface area contributed by atoms with Gasteiger partial charge in [0, 0.05) is 0 Å². The van der Waals surface area contributed by atoms with Crippen molar-refractivity contribution in [2.75, 3.05) is 40.4 Å². The maximum Gasteiger partial charge on any atom is 0.160 e. The molecular weight excluding hydrogens is 288 g/mol. The fraction of sp³-hybridized carbons (Fsp3) is 0.625. The van der Waals surface area contributed by atoms with E-state index in [2.05, 4.69) is 22.8 Å². The quantitative estimate of drug-likeness (QED) is 0.758. The lowest BCUT2D eigenvalue weighted by molar-refractivity contribution is 0.354. The van der Waals surface area contributed by atoms with Crippen molar-refractivity contribution in [3.05, 3.63) is 23.8 Å². The summed E-state index contributed by atoms with van der Waals surface area (Å²) in [4.78, 5) is 0. The third-order valence-electron chi connectivity index (χ3n) is 3.87. The average molecular weight is 315 g/mol. The van der Waals surface area contributed by atoms with Gasteiger partial charge in [-0.25, -0.2) is 0 Å². The fourth-order valence-corrected chi connectivity index (χ4v) is 2.67. The van der Waals surface area contributed by atoms with Crippen LogP contribution < -0.4 is 20.1 Å². The summed E-state index contributed by atoms with van der Waals surface area (Å²) in [5.74, 6) is 2.38. The van der Waals surface area contributed by atoms with E-state index in [9.17, 15) is 0 Å². The molecule has 1 unspecified atom stereocenters. The molecule has 0 spiro atoms. The number of hydrogen-bond donors (Lipinski definition) is 2. The highest BCUT2D eigenvalue weighted by atomic mass is 35.5. The molecule has 2 rings (SSSR count). The number of methoxy groups -OCH3 is 2. The maximum atomic E-state index is 5.32. The molecule has 0 aliphatic carbocycles. The number of halogens is 1. The number of benzene rings is 1. The van der Waals surface area contributed by atoms with Gasteiger partial charge in [0.2, 0.25) is 0 Å². The van der Waals surface area contributed by atoms with Crippen LogP contribution in [0.25, 0.3) is 0 Å². The number of piperidine rings is 1.